The van der Waals surface area contributed by atoms with Crippen LogP contribution in [-0.2, 0) is 0 Å². The minimum Gasteiger partial charge on any atom is -0.456 e. The van der Waals surface area contributed by atoms with Gasteiger partial charge in [-0.3, -0.25) is 0 Å². The van der Waals surface area contributed by atoms with Gasteiger partial charge in [0.1, 0.15) is 11.2 Å². The molecule has 10 aromatic rings. The van der Waals surface area contributed by atoms with E-state index in [0.29, 0.717) is 17.5 Å². The second-order valence-electron chi connectivity index (χ2n) is 15.1. The van der Waals surface area contributed by atoms with Crippen LogP contribution in [0.5, 0.6) is 0 Å². The first-order chi connectivity index (χ1) is 29.2. The lowest BCUT2D eigenvalue weighted by atomic mass is 9.92. The lowest BCUT2D eigenvalue weighted by Gasteiger charge is -2.17. The average molecular weight is 756 g/mol. The molecular weight excluding hydrogens is 719 g/mol. The lowest BCUT2D eigenvalue weighted by Crippen LogP contribution is -2.05. The summed E-state index contributed by atoms with van der Waals surface area (Å²) in [7, 11) is 0. The van der Waals surface area contributed by atoms with Crippen LogP contribution < -0.4 is 0 Å². The van der Waals surface area contributed by atoms with Gasteiger partial charge < -0.3 is 4.42 Å². The highest BCUT2D eigenvalue weighted by Gasteiger charge is 2.23. The van der Waals surface area contributed by atoms with Crippen LogP contribution in [0.4, 0.5) is 0 Å². The molecule has 8 aromatic carbocycles. The fourth-order valence-corrected chi connectivity index (χ4v) is 8.43. The molecule has 4 heteroatoms. The predicted octanol–water partition coefficient (Wildman–Crippen LogP) is 14.5. The summed E-state index contributed by atoms with van der Waals surface area (Å²) in [6.45, 7) is 0. The molecule has 0 saturated heterocycles. The summed E-state index contributed by atoms with van der Waals surface area (Å²) in [5.74, 6) is 1.93. The molecular formula is C55H37N3O. The largest absolute Gasteiger partial charge is 0.456 e. The Kier molecular flexibility index (Phi) is 8.59. The highest BCUT2D eigenvalue weighted by Crippen LogP contribution is 2.43. The summed E-state index contributed by atoms with van der Waals surface area (Å²) < 4.78 is 6.51. The van der Waals surface area contributed by atoms with E-state index in [9.17, 15) is 0 Å². The van der Waals surface area contributed by atoms with Gasteiger partial charge in [0.25, 0.3) is 0 Å². The fourth-order valence-electron chi connectivity index (χ4n) is 8.43. The number of hydrogen-bond donors (Lipinski definition) is 0. The number of allylic oxidation sites excluding steroid dienone is 4. The van der Waals surface area contributed by atoms with Crippen LogP contribution in [0, 0.1) is 0 Å². The Balaban J connectivity index is 1.11. The number of furan rings is 1. The molecule has 4 nitrogen and oxygen atoms in total. The molecule has 0 aliphatic heterocycles. The van der Waals surface area contributed by atoms with E-state index >= 15 is 0 Å². The molecule has 59 heavy (non-hydrogen) atoms. The molecule has 0 spiro atoms. The number of aromatic nitrogens is 3. The molecule has 0 amide bonds. The Hall–Kier alpha value is -7.69. The van der Waals surface area contributed by atoms with Gasteiger partial charge in [-0.1, -0.05) is 170 Å². The first kappa shape index (κ1) is 34.5. The van der Waals surface area contributed by atoms with E-state index in [1.165, 1.54) is 33.2 Å². The van der Waals surface area contributed by atoms with Crippen molar-refractivity contribution < 1.29 is 4.42 Å². The maximum Gasteiger partial charge on any atom is 0.165 e. The zero-order valence-corrected chi connectivity index (χ0v) is 32.2. The van der Waals surface area contributed by atoms with Gasteiger partial charge in [-0.15, -0.1) is 0 Å². The Morgan fingerprint density at radius 2 is 0.881 bits per heavy atom. The Morgan fingerprint density at radius 3 is 1.59 bits per heavy atom. The van der Waals surface area contributed by atoms with Crippen LogP contribution in [0.3, 0.4) is 0 Å². The van der Waals surface area contributed by atoms with E-state index in [0.717, 1.165) is 73.6 Å². The number of para-hydroxylation sites is 1. The van der Waals surface area contributed by atoms with Crippen LogP contribution in [0.15, 0.2) is 205 Å². The Bertz CT molecular complexity index is 3240. The summed E-state index contributed by atoms with van der Waals surface area (Å²) >= 11 is 0. The molecule has 278 valence electrons. The fraction of sp³-hybridized carbons (Fsp3) is 0.0364. The van der Waals surface area contributed by atoms with Crippen molar-refractivity contribution in [3.05, 3.63) is 212 Å². The smallest absolute Gasteiger partial charge is 0.165 e. The van der Waals surface area contributed by atoms with Crippen molar-refractivity contribution in [2.24, 2.45) is 0 Å². The van der Waals surface area contributed by atoms with Crippen LogP contribution in [-0.4, -0.2) is 15.0 Å². The zero-order valence-electron chi connectivity index (χ0n) is 32.2. The van der Waals surface area contributed by atoms with Crippen LogP contribution >= 0.6 is 0 Å². The standard InChI is InChI=1S/C55H37N3O/c1-4-12-36(13-5-1)39-20-24-41(25-21-39)53-56-54(42-26-22-40(23-27-42)37-14-6-2-7-15-37)58-55(57-53)52-47(32-33-50-51(52)48-18-10-11-19-49(48)59-50)46-31-30-44-34-43(28-29-45(44)35-46)38-16-8-3-9-17-38/h1-22,24-26,28-35H,23,27H2. The molecule has 0 radical (unpaired) electrons. The third kappa shape index (κ3) is 6.51. The lowest BCUT2D eigenvalue weighted by molar-refractivity contribution is 0.669. The van der Waals surface area contributed by atoms with Gasteiger partial charge in [0.15, 0.2) is 17.5 Å². The molecule has 0 unspecified atom stereocenters. The minimum absolute atomic E-state index is 0.613. The number of benzene rings is 8. The third-order valence-corrected chi connectivity index (χ3v) is 11.5. The molecule has 2 aromatic heterocycles. The molecule has 0 saturated carbocycles. The van der Waals surface area contributed by atoms with E-state index in [2.05, 4.69) is 182 Å². The van der Waals surface area contributed by atoms with E-state index in [-0.39, 0.29) is 0 Å². The summed E-state index contributed by atoms with van der Waals surface area (Å²) in [5, 5.41) is 4.36. The maximum absolute atomic E-state index is 6.51. The maximum atomic E-state index is 6.51. The topological polar surface area (TPSA) is 51.8 Å². The summed E-state index contributed by atoms with van der Waals surface area (Å²) in [4.78, 5) is 16.0. The molecule has 1 aliphatic rings. The van der Waals surface area contributed by atoms with Crippen molar-refractivity contribution in [2.75, 3.05) is 0 Å². The second-order valence-corrected chi connectivity index (χ2v) is 15.1. The molecule has 1 aliphatic carbocycles. The summed E-state index contributed by atoms with van der Waals surface area (Å²) in [6, 6.07) is 66.0. The van der Waals surface area contributed by atoms with E-state index in [4.69, 9.17) is 19.4 Å². The van der Waals surface area contributed by atoms with Crippen molar-refractivity contribution in [1.82, 2.24) is 15.0 Å². The van der Waals surface area contributed by atoms with Crippen LogP contribution in [0.25, 0.3) is 100 Å². The number of fused-ring (bicyclic) bond motifs is 4. The number of nitrogens with zero attached hydrogens (tertiary/aromatic N) is 3. The van der Waals surface area contributed by atoms with Gasteiger partial charge in [0.05, 0.1) is 0 Å². The van der Waals surface area contributed by atoms with Crippen LogP contribution in [0.1, 0.15) is 24.2 Å². The number of hydrogen-bond acceptors (Lipinski definition) is 4. The number of rotatable bonds is 7. The van der Waals surface area contributed by atoms with Gasteiger partial charge in [-0.25, -0.2) is 15.0 Å². The summed E-state index contributed by atoms with van der Waals surface area (Å²) in [6.07, 6.45) is 6.13. The van der Waals surface area contributed by atoms with Gasteiger partial charge >= 0.3 is 0 Å². The van der Waals surface area contributed by atoms with Gasteiger partial charge in [0.2, 0.25) is 0 Å². The van der Waals surface area contributed by atoms with Gasteiger partial charge in [-0.05, 0) is 104 Å². The van der Waals surface area contributed by atoms with E-state index < -0.39 is 0 Å². The molecule has 2 heterocycles. The van der Waals surface area contributed by atoms with Crippen molar-refractivity contribution in [1.29, 1.82) is 0 Å². The third-order valence-electron chi connectivity index (χ3n) is 11.5. The SMILES string of the molecule is C1=C(c2ccccc2)CCC(c2nc(-c3ccc(-c4ccccc4)cc3)nc(-c3c(-c4ccc5cc(-c6ccccc6)ccc5c4)ccc4oc5ccccc5c34)n2)=C1. The van der Waals surface area contributed by atoms with Crippen molar-refractivity contribution in [3.63, 3.8) is 0 Å². The highest BCUT2D eigenvalue weighted by molar-refractivity contribution is 6.15. The normalized spacial score (nSPS) is 12.8. The van der Waals surface area contributed by atoms with Gasteiger partial charge in [0, 0.05) is 21.9 Å². The van der Waals surface area contributed by atoms with Crippen molar-refractivity contribution in [2.45, 2.75) is 12.8 Å². The zero-order chi connectivity index (χ0) is 39.1. The van der Waals surface area contributed by atoms with Crippen LogP contribution in [0.2, 0.25) is 0 Å². The highest BCUT2D eigenvalue weighted by atomic mass is 16.3. The van der Waals surface area contributed by atoms with Crippen molar-refractivity contribution in [3.8, 4) is 56.2 Å². The predicted molar refractivity (Wildman–Crippen MR) is 243 cm³/mol. The monoisotopic (exact) mass is 755 g/mol. The van der Waals surface area contributed by atoms with Gasteiger partial charge in [-0.2, -0.15) is 0 Å². The first-order valence-corrected chi connectivity index (χ1v) is 20.1. The Morgan fingerprint density at radius 1 is 0.356 bits per heavy atom. The molecule has 0 fully saturated rings. The quantitative estimate of drug-likeness (QED) is 0.163. The molecule has 0 bridgehead atoms. The first-order valence-electron chi connectivity index (χ1n) is 20.1. The average Bonchev–Trinajstić information content (AvgIpc) is 3.70. The second kappa shape index (κ2) is 14.7. The van der Waals surface area contributed by atoms with Crippen molar-refractivity contribution >= 4 is 43.9 Å². The molecule has 0 atom stereocenters. The van der Waals surface area contributed by atoms with E-state index in [1.54, 1.807) is 0 Å². The Labute approximate surface area is 342 Å². The van der Waals surface area contributed by atoms with E-state index in [1.807, 2.05) is 18.2 Å². The summed E-state index contributed by atoms with van der Waals surface area (Å²) in [5.41, 5.74) is 13.9. The molecule has 0 N–H and O–H groups in total. The minimum atomic E-state index is 0.613. The molecule has 11 rings (SSSR count).